The van der Waals surface area contributed by atoms with Crippen molar-refractivity contribution in [3.8, 4) is 0 Å². The van der Waals surface area contributed by atoms with Gasteiger partial charge in [-0.2, -0.15) is 11.3 Å². The number of hydrogen-bond donors (Lipinski definition) is 3. The summed E-state index contributed by atoms with van der Waals surface area (Å²) < 4.78 is 0. The second-order valence-corrected chi connectivity index (χ2v) is 5.25. The van der Waals surface area contributed by atoms with E-state index in [2.05, 4.69) is 19.2 Å². The maximum absolute atomic E-state index is 9.85. The summed E-state index contributed by atoms with van der Waals surface area (Å²) in [6.45, 7) is 6.51. The maximum Gasteiger partial charge on any atom is 0.0922 e. The normalized spacial score (nSPS) is 15.3. The average molecular weight is 242 g/mol. The summed E-state index contributed by atoms with van der Waals surface area (Å²) >= 11 is 1.61. The lowest BCUT2D eigenvalue weighted by Gasteiger charge is -2.20. The Balaban J connectivity index is 2.25. The van der Waals surface area contributed by atoms with Gasteiger partial charge < -0.3 is 16.2 Å². The minimum absolute atomic E-state index is 0.406. The van der Waals surface area contributed by atoms with Crippen molar-refractivity contribution in [1.29, 1.82) is 0 Å². The number of thiophene rings is 1. The van der Waals surface area contributed by atoms with Crippen molar-refractivity contribution in [1.82, 2.24) is 5.32 Å². The van der Waals surface area contributed by atoms with Crippen LogP contribution >= 0.6 is 11.3 Å². The molecule has 0 radical (unpaired) electrons. The van der Waals surface area contributed by atoms with Crippen LogP contribution in [-0.2, 0) is 0 Å². The zero-order valence-corrected chi connectivity index (χ0v) is 10.8. The van der Waals surface area contributed by atoms with Crippen LogP contribution in [0, 0.1) is 11.8 Å². The highest BCUT2D eigenvalue weighted by molar-refractivity contribution is 7.07. The molecule has 1 aromatic rings. The molecule has 0 spiro atoms. The Labute approximate surface area is 102 Å². The molecule has 1 heterocycles. The van der Waals surface area contributed by atoms with E-state index in [1.54, 1.807) is 11.3 Å². The molecule has 16 heavy (non-hydrogen) atoms. The van der Waals surface area contributed by atoms with E-state index in [0.717, 1.165) is 12.1 Å². The first kappa shape index (κ1) is 13.6. The van der Waals surface area contributed by atoms with Crippen LogP contribution in [0.25, 0.3) is 0 Å². The van der Waals surface area contributed by atoms with Gasteiger partial charge in [-0.05, 0) is 47.3 Å². The van der Waals surface area contributed by atoms with Gasteiger partial charge in [0.05, 0.1) is 6.10 Å². The summed E-state index contributed by atoms with van der Waals surface area (Å²) in [5.74, 6) is 1.06. The lowest BCUT2D eigenvalue weighted by molar-refractivity contribution is 0.171. The maximum atomic E-state index is 9.85. The van der Waals surface area contributed by atoms with Crippen molar-refractivity contribution < 1.29 is 5.11 Å². The molecule has 4 heteroatoms. The summed E-state index contributed by atoms with van der Waals surface area (Å²) in [4.78, 5) is 0. The summed E-state index contributed by atoms with van der Waals surface area (Å²) in [6, 6.07) is 1.96. The molecule has 3 nitrogen and oxygen atoms in total. The van der Waals surface area contributed by atoms with Gasteiger partial charge in [-0.3, -0.25) is 0 Å². The van der Waals surface area contributed by atoms with Crippen LogP contribution in [0.15, 0.2) is 16.8 Å². The Morgan fingerprint density at radius 3 is 2.69 bits per heavy atom. The molecule has 0 saturated carbocycles. The molecule has 1 rings (SSSR count). The van der Waals surface area contributed by atoms with Gasteiger partial charge in [0, 0.05) is 6.54 Å². The molecule has 0 amide bonds. The zero-order valence-electron chi connectivity index (χ0n) is 10.0. The molecule has 0 aliphatic carbocycles. The predicted molar refractivity (Wildman–Crippen MR) is 69.5 cm³/mol. The van der Waals surface area contributed by atoms with Gasteiger partial charge in [-0.15, -0.1) is 0 Å². The van der Waals surface area contributed by atoms with Crippen molar-refractivity contribution in [3.63, 3.8) is 0 Å². The average Bonchev–Trinajstić information content (AvgIpc) is 2.76. The van der Waals surface area contributed by atoms with E-state index in [9.17, 15) is 5.11 Å². The van der Waals surface area contributed by atoms with Crippen LogP contribution in [0.5, 0.6) is 0 Å². The number of nitrogens with two attached hydrogens (primary N) is 1. The molecule has 4 N–H and O–H groups in total. The molecule has 0 bridgehead atoms. The molecule has 2 unspecified atom stereocenters. The molecule has 0 saturated heterocycles. The Kier molecular flexibility index (Phi) is 5.98. The second-order valence-electron chi connectivity index (χ2n) is 4.47. The largest absolute Gasteiger partial charge is 0.387 e. The van der Waals surface area contributed by atoms with E-state index in [-0.39, 0.29) is 0 Å². The van der Waals surface area contributed by atoms with Gasteiger partial charge in [0.2, 0.25) is 0 Å². The molecular weight excluding hydrogens is 220 g/mol. The molecule has 92 valence electrons. The predicted octanol–water partition coefficient (Wildman–Crippen LogP) is 1.60. The number of nitrogens with one attached hydrogen (secondary N) is 1. The first-order chi connectivity index (χ1) is 7.65. The van der Waals surface area contributed by atoms with Crippen LogP contribution in [0.3, 0.4) is 0 Å². The second kappa shape index (κ2) is 7.01. The van der Waals surface area contributed by atoms with Crippen molar-refractivity contribution in [3.05, 3.63) is 22.4 Å². The quantitative estimate of drug-likeness (QED) is 0.681. The van der Waals surface area contributed by atoms with Crippen LogP contribution in [0.1, 0.15) is 25.5 Å². The molecule has 0 aromatic carbocycles. The molecular formula is C12H22N2OS. The Bertz CT molecular complexity index is 275. The van der Waals surface area contributed by atoms with E-state index in [1.165, 1.54) is 0 Å². The molecule has 2 atom stereocenters. The summed E-state index contributed by atoms with van der Waals surface area (Å²) in [5, 5.41) is 17.1. The van der Waals surface area contributed by atoms with Crippen LogP contribution in [0.2, 0.25) is 0 Å². The Hall–Kier alpha value is -0.420. The van der Waals surface area contributed by atoms with Gasteiger partial charge in [0.15, 0.2) is 0 Å². The number of aliphatic hydroxyl groups is 1. The molecule has 1 aromatic heterocycles. The van der Waals surface area contributed by atoms with E-state index >= 15 is 0 Å². The molecule has 0 fully saturated rings. The smallest absolute Gasteiger partial charge is 0.0922 e. The molecule has 0 aliphatic rings. The lowest BCUT2D eigenvalue weighted by atomic mass is 9.96. The highest BCUT2D eigenvalue weighted by atomic mass is 32.1. The Morgan fingerprint density at radius 1 is 1.44 bits per heavy atom. The third kappa shape index (κ3) is 4.22. The van der Waals surface area contributed by atoms with E-state index < -0.39 is 6.10 Å². The van der Waals surface area contributed by atoms with Crippen LogP contribution in [-0.4, -0.2) is 24.7 Å². The number of rotatable bonds is 7. The van der Waals surface area contributed by atoms with Crippen molar-refractivity contribution in [2.45, 2.75) is 20.0 Å². The molecule has 0 aliphatic heterocycles. The summed E-state index contributed by atoms with van der Waals surface area (Å²) in [7, 11) is 0. The summed E-state index contributed by atoms with van der Waals surface area (Å²) in [5.41, 5.74) is 6.68. The third-order valence-corrected chi connectivity index (χ3v) is 3.62. The summed E-state index contributed by atoms with van der Waals surface area (Å²) in [6.07, 6.45) is -0.406. The topological polar surface area (TPSA) is 58.3 Å². The van der Waals surface area contributed by atoms with Crippen LogP contribution in [0.4, 0.5) is 0 Å². The minimum atomic E-state index is -0.406. The fourth-order valence-corrected chi connectivity index (χ4v) is 2.29. The van der Waals surface area contributed by atoms with E-state index in [1.807, 2.05) is 16.8 Å². The van der Waals surface area contributed by atoms with Crippen molar-refractivity contribution >= 4 is 11.3 Å². The number of aliphatic hydroxyl groups excluding tert-OH is 1. The zero-order chi connectivity index (χ0) is 12.0. The highest BCUT2D eigenvalue weighted by Crippen LogP contribution is 2.15. The van der Waals surface area contributed by atoms with Gasteiger partial charge in [0.25, 0.3) is 0 Å². The fourth-order valence-electron chi connectivity index (χ4n) is 1.58. The standard InChI is InChI=1S/C12H22N2OS/c1-9(2)11(5-13)6-14-7-12(15)10-3-4-16-8-10/h3-4,8-9,11-12,14-15H,5-7,13H2,1-2H3. The highest BCUT2D eigenvalue weighted by Gasteiger charge is 2.12. The first-order valence-electron chi connectivity index (χ1n) is 5.76. The fraction of sp³-hybridized carbons (Fsp3) is 0.667. The number of hydrogen-bond acceptors (Lipinski definition) is 4. The van der Waals surface area contributed by atoms with Gasteiger partial charge in [0.1, 0.15) is 0 Å². The Morgan fingerprint density at radius 2 is 2.19 bits per heavy atom. The monoisotopic (exact) mass is 242 g/mol. The van der Waals surface area contributed by atoms with E-state index in [4.69, 9.17) is 5.73 Å². The van der Waals surface area contributed by atoms with Gasteiger partial charge in [-0.25, -0.2) is 0 Å². The first-order valence-corrected chi connectivity index (χ1v) is 6.70. The lowest BCUT2D eigenvalue weighted by Crippen LogP contribution is -2.33. The van der Waals surface area contributed by atoms with Crippen molar-refractivity contribution in [2.24, 2.45) is 17.6 Å². The third-order valence-electron chi connectivity index (χ3n) is 2.92. The van der Waals surface area contributed by atoms with Gasteiger partial charge in [-0.1, -0.05) is 13.8 Å². The van der Waals surface area contributed by atoms with Gasteiger partial charge >= 0.3 is 0 Å². The van der Waals surface area contributed by atoms with E-state index in [0.29, 0.717) is 24.9 Å². The van der Waals surface area contributed by atoms with Crippen LogP contribution < -0.4 is 11.1 Å². The minimum Gasteiger partial charge on any atom is -0.387 e. The SMILES string of the molecule is CC(C)C(CN)CNCC(O)c1ccsc1. The van der Waals surface area contributed by atoms with Crippen molar-refractivity contribution in [2.75, 3.05) is 19.6 Å².